The van der Waals surface area contributed by atoms with Gasteiger partial charge in [-0.1, -0.05) is 31.5 Å². The van der Waals surface area contributed by atoms with E-state index in [9.17, 15) is 5.11 Å². The maximum Gasteiger partial charge on any atom is 0.139 e. The Hall–Kier alpha value is -0.730. The molecule has 0 saturated carbocycles. The van der Waals surface area contributed by atoms with Gasteiger partial charge in [-0.2, -0.15) is 0 Å². The Bertz CT molecular complexity index is 321. The summed E-state index contributed by atoms with van der Waals surface area (Å²) in [6.45, 7) is 3.83. The van der Waals surface area contributed by atoms with Gasteiger partial charge in [-0.15, -0.1) is 0 Å². The van der Waals surface area contributed by atoms with Gasteiger partial charge in [-0.3, -0.25) is 0 Å². The number of aliphatic hydroxyl groups is 1. The van der Waals surface area contributed by atoms with E-state index in [0.29, 0.717) is 5.56 Å². The molecule has 0 aliphatic carbocycles. The fourth-order valence-electron chi connectivity index (χ4n) is 1.37. The first-order valence-corrected chi connectivity index (χ1v) is 4.83. The zero-order chi connectivity index (χ0) is 10.7. The van der Waals surface area contributed by atoms with Crippen molar-refractivity contribution in [3.8, 4) is 5.75 Å². The number of rotatable bonds is 3. The normalized spacial score (nSPS) is 10.9. The molecule has 1 rings (SSSR count). The highest BCUT2D eigenvalue weighted by atomic mass is 35.5. The van der Waals surface area contributed by atoms with E-state index in [-0.39, 0.29) is 17.4 Å². The molecule has 0 fully saturated rings. The Kier molecular flexibility index (Phi) is 3.78. The summed E-state index contributed by atoms with van der Waals surface area (Å²) in [5.74, 6) is 1.22. The Morgan fingerprint density at radius 3 is 2.50 bits per heavy atom. The van der Waals surface area contributed by atoms with Crippen molar-refractivity contribution in [1.82, 2.24) is 0 Å². The summed E-state index contributed by atoms with van der Waals surface area (Å²) in [6, 6.07) is 3.48. The molecular weight excluding hydrogens is 200 g/mol. The van der Waals surface area contributed by atoms with Gasteiger partial charge in [-0.05, 0) is 24.0 Å². The molecule has 77 valence electrons. The fourth-order valence-corrected chi connectivity index (χ4v) is 1.55. The minimum Gasteiger partial charge on any atom is -0.506 e. The lowest BCUT2D eigenvalue weighted by atomic mass is 9.98. The van der Waals surface area contributed by atoms with Gasteiger partial charge in [0.1, 0.15) is 5.75 Å². The van der Waals surface area contributed by atoms with Crippen LogP contribution >= 0.6 is 11.6 Å². The Morgan fingerprint density at radius 1 is 1.36 bits per heavy atom. The van der Waals surface area contributed by atoms with Gasteiger partial charge in [0.2, 0.25) is 0 Å². The van der Waals surface area contributed by atoms with Gasteiger partial charge >= 0.3 is 0 Å². The van der Waals surface area contributed by atoms with E-state index in [4.69, 9.17) is 16.7 Å². The molecule has 0 heterocycles. The Morgan fingerprint density at radius 2 is 2.00 bits per heavy atom. The van der Waals surface area contributed by atoms with Gasteiger partial charge < -0.3 is 10.2 Å². The Balaban J connectivity index is 3.10. The zero-order valence-corrected chi connectivity index (χ0v) is 9.10. The summed E-state index contributed by atoms with van der Waals surface area (Å²) < 4.78 is 0. The molecule has 0 aromatic heterocycles. The van der Waals surface area contributed by atoms with Crippen LogP contribution in [0, 0.1) is 5.92 Å². The summed E-state index contributed by atoms with van der Waals surface area (Å²) in [5.41, 5.74) is 1.45. The van der Waals surface area contributed by atoms with Crippen LogP contribution in [0.4, 0.5) is 0 Å². The summed E-state index contributed by atoms with van der Waals surface area (Å²) in [4.78, 5) is 0. The van der Waals surface area contributed by atoms with Gasteiger partial charge in [0.25, 0.3) is 0 Å². The van der Waals surface area contributed by atoms with Crippen molar-refractivity contribution in [3.63, 3.8) is 0 Å². The predicted molar refractivity (Wildman–Crippen MR) is 57.3 cm³/mol. The molecule has 3 heteroatoms. The molecule has 1 radical (unpaired) electrons. The maximum absolute atomic E-state index is 9.59. The molecule has 0 amide bonds. The van der Waals surface area contributed by atoms with Crippen molar-refractivity contribution in [1.29, 1.82) is 0 Å². The maximum atomic E-state index is 9.59. The molecule has 2 nitrogen and oxygen atoms in total. The Labute approximate surface area is 89.1 Å². The van der Waals surface area contributed by atoms with E-state index in [2.05, 4.69) is 0 Å². The molecule has 0 bridgehead atoms. The summed E-state index contributed by atoms with van der Waals surface area (Å²) in [7, 11) is 0. The number of aliphatic hydroxyl groups excluding tert-OH is 1. The number of hydrogen-bond donors (Lipinski definition) is 2. The van der Waals surface area contributed by atoms with Crippen molar-refractivity contribution in [2.75, 3.05) is 0 Å². The largest absolute Gasteiger partial charge is 0.506 e. The van der Waals surface area contributed by atoms with E-state index in [0.717, 1.165) is 12.0 Å². The van der Waals surface area contributed by atoms with Crippen molar-refractivity contribution in [2.45, 2.75) is 26.9 Å². The highest BCUT2D eigenvalue weighted by molar-refractivity contribution is 6.32. The van der Waals surface area contributed by atoms with Gasteiger partial charge in [0.15, 0.2) is 0 Å². The van der Waals surface area contributed by atoms with Crippen LogP contribution in [0.5, 0.6) is 5.75 Å². The van der Waals surface area contributed by atoms with E-state index < -0.39 is 0 Å². The fraction of sp³-hybridized carbons (Fsp3) is 0.364. The second-order valence-electron chi connectivity index (χ2n) is 3.58. The number of halogens is 1. The van der Waals surface area contributed by atoms with Crippen LogP contribution in [-0.2, 0) is 13.0 Å². The monoisotopic (exact) mass is 213 g/mol. The van der Waals surface area contributed by atoms with Gasteiger partial charge in [-0.25, -0.2) is 0 Å². The lowest BCUT2D eigenvalue weighted by Gasteiger charge is -2.12. The molecule has 0 aliphatic rings. The molecule has 1 aromatic carbocycles. The quantitative estimate of drug-likeness (QED) is 0.811. The lowest BCUT2D eigenvalue weighted by molar-refractivity contribution is 0.274. The molecule has 0 saturated heterocycles. The van der Waals surface area contributed by atoms with Crippen LogP contribution in [0.25, 0.3) is 0 Å². The number of phenols is 1. The highest BCUT2D eigenvalue weighted by Gasteiger charge is 2.11. The van der Waals surface area contributed by atoms with Crippen molar-refractivity contribution in [3.05, 3.63) is 34.2 Å². The topological polar surface area (TPSA) is 40.5 Å². The van der Waals surface area contributed by atoms with Crippen molar-refractivity contribution >= 4 is 11.6 Å². The van der Waals surface area contributed by atoms with E-state index in [1.807, 2.05) is 19.9 Å². The van der Waals surface area contributed by atoms with E-state index in [1.165, 1.54) is 5.92 Å². The number of hydrogen-bond acceptors (Lipinski definition) is 2. The summed E-state index contributed by atoms with van der Waals surface area (Å²) >= 11 is 5.73. The average Bonchev–Trinajstić information content (AvgIpc) is 2.11. The van der Waals surface area contributed by atoms with Gasteiger partial charge in [0, 0.05) is 5.56 Å². The molecule has 14 heavy (non-hydrogen) atoms. The first-order chi connectivity index (χ1) is 6.56. The minimum absolute atomic E-state index is 0.00656. The van der Waals surface area contributed by atoms with Crippen LogP contribution in [0.2, 0.25) is 5.02 Å². The molecule has 0 spiro atoms. The molecule has 0 atom stereocenters. The molecule has 0 unspecified atom stereocenters. The highest BCUT2D eigenvalue weighted by Crippen LogP contribution is 2.31. The first kappa shape index (κ1) is 11.3. The van der Waals surface area contributed by atoms with E-state index >= 15 is 0 Å². The van der Waals surface area contributed by atoms with Crippen LogP contribution < -0.4 is 0 Å². The standard InChI is InChI=1S/C11H14ClO2/c1-7(2)5-8-3-4-10(12)11(14)9(8)6-13/h3-4,13-14H,5-6H2,1-2H3. The summed E-state index contributed by atoms with van der Waals surface area (Å²) in [5, 5.41) is 19.0. The van der Waals surface area contributed by atoms with Crippen LogP contribution in [-0.4, -0.2) is 10.2 Å². The molecule has 0 aliphatic heterocycles. The summed E-state index contributed by atoms with van der Waals surface area (Å²) in [6.07, 6.45) is 0.751. The number of benzene rings is 1. The third-order valence-corrected chi connectivity index (χ3v) is 2.34. The van der Waals surface area contributed by atoms with Crippen LogP contribution in [0.1, 0.15) is 25.0 Å². The first-order valence-electron chi connectivity index (χ1n) is 4.45. The molecule has 1 aromatic rings. The third kappa shape index (κ3) is 2.40. The SMILES string of the molecule is C[C](C)Cc1ccc(Cl)c(O)c1CO. The lowest BCUT2D eigenvalue weighted by Crippen LogP contribution is -1.98. The third-order valence-electron chi connectivity index (χ3n) is 2.03. The molecule has 2 N–H and O–H groups in total. The second-order valence-corrected chi connectivity index (χ2v) is 3.98. The molecular formula is C11H14ClO2. The zero-order valence-electron chi connectivity index (χ0n) is 8.34. The van der Waals surface area contributed by atoms with Crippen molar-refractivity contribution < 1.29 is 10.2 Å². The average molecular weight is 214 g/mol. The number of aromatic hydroxyl groups is 1. The van der Waals surface area contributed by atoms with Crippen LogP contribution in [0.15, 0.2) is 12.1 Å². The van der Waals surface area contributed by atoms with Crippen molar-refractivity contribution in [2.24, 2.45) is 0 Å². The van der Waals surface area contributed by atoms with Gasteiger partial charge in [0.05, 0.1) is 11.6 Å². The van der Waals surface area contributed by atoms with E-state index in [1.54, 1.807) is 6.07 Å². The predicted octanol–water partition coefficient (Wildman–Crippen LogP) is 2.69. The second kappa shape index (κ2) is 4.67. The smallest absolute Gasteiger partial charge is 0.139 e. The van der Waals surface area contributed by atoms with Crippen LogP contribution in [0.3, 0.4) is 0 Å². The minimum atomic E-state index is -0.186.